The standard InChI is InChI=1S/C7H13NO2/c1-3-6(9)5-8-7(10)4-2/h4,6,9H,2-3,5H2,1H3,(H,8,10). The maximum atomic E-state index is 10.5. The van der Waals surface area contributed by atoms with Crippen LogP contribution in [0.1, 0.15) is 13.3 Å². The highest BCUT2D eigenvalue weighted by Gasteiger charge is 2.00. The van der Waals surface area contributed by atoms with Crippen molar-refractivity contribution >= 4 is 5.91 Å². The fraction of sp³-hybridized carbons (Fsp3) is 0.571. The van der Waals surface area contributed by atoms with Gasteiger partial charge in [0, 0.05) is 6.54 Å². The zero-order valence-electron chi connectivity index (χ0n) is 6.13. The highest BCUT2D eigenvalue weighted by atomic mass is 16.3. The topological polar surface area (TPSA) is 49.3 Å². The van der Waals surface area contributed by atoms with Gasteiger partial charge < -0.3 is 10.4 Å². The first kappa shape index (κ1) is 9.17. The van der Waals surface area contributed by atoms with Crippen molar-refractivity contribution < 1.29 is 9.90 Å². The van der Waals surface area contributed by atoms with Gasteiger partial charge in [0.15, 0.2) is 0 Å². The van der Waals surface area contributed by atoms with Crippen LogP contribution >= 0.6 is 0 Å². The number of amides is 1. The molecule has 0 aliphatic rings. The predicted octanol–water partition coefficient (Wildman–Crippen LogP) is 0.0595. The quantitative estimate of drug-likeness (QED) is 0.547. The summed E-state index contributed by atoms with van der Waals surface area (Å²) in [6, 6.07) is 0. The fourth-order valence-electron chi connectivity index (χ4n) is 0.435. The van der Waals surface area contributed by atoms with E-state index in [1.165, 1.54) is 6.08 Å². The van der Waals surface area contributed by atoms with Gasteiger partial charge in [-0.1, -0.05) is 13.5 Å². The highest BCUT2D eigenvalue weighted by molar-refractivity contribution is 5.86. The number of hydrogen-bond donors (Lipinski definition) is 2. The van der Waals surface area contributed by atoms with E-state index in [1.807, 2.05) is 6.92 Å². The van der Waals surface area contributed by atoms with Crippen molar-refractivity contribution in [1.29, 1.82) is 0 Å². The lowest BCUT2D eigenvalue weighted by Crippen LogP contribution is -2.30. The molecule has 0 aliphatic heterocycles. The Morgan fingerprint density at radius 3 is 2.90 bits per heavy atom. The minimum Gasteiger partial charge on any atom is -0.391 e. The number of carbonyl (C=O) groups excluding carboxylic acids is 1. The number of nitrogens with one attached hydrogen (secondary N) is 1. The average molecular weight is 143 g/mol. The molecule has 0 saturated carbocycles. The number of aliphatic hydroxyl groups is 1. The average Bonchev–Trinajstić information content (AvgIpc) is 1.99. The Balaban J connectivity index is 3.34. The summed E-state index contributed by atoms with van der Waals surface area (Å²) in [7, 11) is 0. The summed E-state index contributed by atoms with van der Waals surface area (Å²) in [4.78, 5) is 10.5. The van der Waals surface area contributed by atoms with Crippen LogP contribution in [0.15, 0.2) is 12.7 Å². The lowest BCUT2D eigenvalue weighted by molar-refractivity contribution is -0.116. The first-order chi connectivity index (χ1) is 4.70. The Morgan fingerprint density at radius 2 is 2.50 bits per heavy atom. The summed E-state index contributed by atoms with van der Waals surface area (Å²) in [5.41, 5.74) is 0. The second kappa shape index (κ2) is 4.99. The molecule has 0 aromatic heterocycles. The van der Waals surface area contributed by atoms with Crippen molar-refractivity contribution in [3.8, 4) is 0 Å². The summed E-state index contributed by atoms with van der Waals surface area (Å²) < 4.78 is 0. The maximum absolute atomic E-state index is 10.5. The number of aliphatic hydroxyl groups excluding tert-OH is 1. The van der Waals surface area contributed by atoms with Crippen LogP contribution in [0.3, 0.4) is 0 Å². The van der Waals surface area contributed by atoms with Crippen LogP contribution in [0, 0.1) is 0 Å². The van der Waals surface area contributed by atoms with Crippen LogP contribution in [0.5, 0.6) is 0 Å². The van der Waals surface area contributed by atoms with Crippen LogP contribution in [-0.2, 0) is 4.79 Å². The molecule has 0 saturated heterocycles. The summed E-state index contributed by atoms with van der Waals surface area (Å²) in [5.74, 6) is -0.243. The molecule has 0 heterocycles. The van der Waals surface area contributed by atoms with E-state index in [9.17, 15) is 4.79 Å². The minimum atomic E-state index is -0.441. The van der Waals surface area contributed by atoms with E-state index >= 15 is 0 Å². The van der Waals surface area contributed by atoms with E-state index in [4.69, 9.17) is 5.11 Å². The maximum Gasteiger partial charge on any atom is 0.243 e. The Labute approximate surface area is 60.7 Å². The molecule has 1 unspecified atom stereocenters. The van der Waals surface area contributed by atoms with Crippen molar-refractivity contribution in [3.05, 3.63) is 12.7 Å². The lowest BCUT2D eigenvalue weighted by Gasteiger charge is -2.06. The number of hydrogen-bond acceptors (Lipinski definition) is 2. The minimum absolute atomic E-state index is 0.243. The Kier molecular flexibility index (Phi) is 4.58. The molecule has 1 atom stereocenters. The molecule has 0 aromatic carbocycles. The van der Waals surface area contributed by atoms with Gasteiger partial charge in [0.2, 0.25) is 5.91 Å². The van der Waals surface area contributed by atoms with Gasteiger partial charge in [-0.15, -0.1) is 0 Å². The van der Waals surface area contributed by atoms with Crippen molar-refractivity contribution in [2.24, 2.45) is 0 Å². The molecule has 0 spiro atoms. The van der Waals surface area contributed by atoms with Gasteiger partial charge in [-0.25, -0.2) is 0 Å². The van der Waals surface area contributed by atoms with Gasteiger partial charge in [-0.05, 0) is 12.5 Å². The molecule has 0 aromatic rings. The third-order valence-electron chi connectivity index (χ3n) is 1.17. The largest absolute Gasteiger partial charge is 0.391 e. The highest BCUT2D eigenvalue weighted by Crippen LogP contribution is 1.85. The molecule has 3 nitrogen and oxygen atoms in total. The third kappa shape index (κ3) is 4.09. The molecule has 0 fully saturated rings. The van der Waals surface area contributed by atoms with Crippen LogP contribution in [0.2, 0.25) is 0 Å². The van der Waals surface area contributed by atoms with Gasteiger partial charge >= 0.3 is 0 Å². The van der Waals surface area contributed by atoms with E-state index in [0.29, 0.717) is 13.0 Å². The van der Waals surface area contributed by atoms with Gasteiger partial charge in [0.25, 0.3) is 0 Å². The summed E-state index contributed by atoms with van der Waals surface area (Å²) in [6.45, 7) is 5.43. The van der Waals surface area contributed by atoms with Crippen LogP contribution < -0.4 is 5.32 Å². The van der Waals surface area contributed by atoms with Crippen molar-refractivity contribution in [2.45, 2.75) is 19.4 Å². The van der Waals surface area contributed by atoms with E-state index in [2.05, 4.69) is 11.9 Å². The third-order valence-corrected chi connectivity index (χ3v) is 1.17. The monoisotopic (exact) mass is 143 g/mol. The van der Waals surface area contributed by atoms with Crippen molar-refractivity contribution in [2.75, 3.05) is 6.54 Å². The molecule has 3 heteroatoms. The molecule has 0 bridgehead atoms. The zero-order chi connectivity index (χ0) is 7.98. The zero-order valence-corrected chi connectivity index (χ0v) is 6.13. The molecule has 0 radical (unpaired) electrons. The first-order valence-electron chi connectivity index (χ1n) is 3.29. The van der Waals surface area contributed by atoms with E-state index < -0.39 is 6.10 Å². The summed E-state index contributed by atoms with van der Waals surface area (Å²) in [6.07, 6.45) is 1.39. The van der Waals surface area contributed by atoms with Crippen molar-refractivity contribution in [1.82, 2.24) is 5.32 Å². The Hall–Kier alpha value is -0.830. The SMILES string of the molecule is C=CC(=O)NCC(O)CC. The van der Waals surface area contributed by atoms with Gasteiger partial charge in [0.05, 0.1) is 6.10 Å². The molecule has 10 heavy (non-hydrogen) atoms. The molecular formula is C7H13NO2. The van der Waals surface area contributed by atoms with Gasteiger partial charge in [-0.3, -0.25) is 4.79 Å². The molecule has 0 aliphatic carbocycles. The molecule has 58 valence electrons. The lowest BCUT2D eigenvalue weighted by atomic mass is 10.3. The molecule has 2 N–H and O–H groups in total. The van der Waals surface area contributed by atoms with Gasteiger partial charge in [0.1, 0.15) is 0 Å². The Bertz CT molecular complexity index is 123. The van der Waals surface area contributed by atoms with Crippen LogP contribution in [-0.4, -0.2) is 23.7 Å². The van der Waals surface area contributed by atoms with Crippen molar-refractivity contribution in [3.63, 3.8) is 0 Å². The smallest absolute Gasteiger partial charge is 0.243 e. The van der Waals surface area contributed by atoms with Crippen LogP contribution in [0.25, 0.3) is 0 Å². The fourth-order valence-corrected chi connectivity index (χ4v) is 0.435. The van der Waals surface area contributed by atoms with E-state index in [-0.39, 0.29) is 5.91 Å². The molecular weight excluding hydrogens is 130 g/mol. The second-order valence-electron chi connectivity index (χ2n) is 2.01. The van der Waals surface area contributed by atoms with Crippen LogP contribution in [0.4, 0.5) is 0 Å². The van der Waals surface area contributed by atoms with E-state index in [1.54, 1.807) is 0 Å². The normalized spacial score (nSPS) is 12.2. The Morgan fingerprint density at radius 1 is 1.90 bits per heavy atom. The van der Waals surface area contributed by atoms with E-state index in [0.717, 1.165) is 0 Å². The summed E-state index contributed by atoms with van der Waals surface area (Å²) >= 11 is 0. The second-order valence-corrected chi connectivity index (χ2v) is 2.01. The number of carbonyl (C=O) groups is 1. The molecule has 1 amide bonds. The van der Waals surface area contributed by atoms with Gasteiger partial charge in [-0.2, -0.15) is 0 Å². The summed E-state index contributed by atoms with van der Waals surface area (Å²) in [5, 5.41) is 11.4. The number of rotatable bonds is 4. The molecule has 0 rings (SSSR count). The predicted molar refractivity (Wildman–Crippen MR) is 39.5 cm³/mol. The first-order valence-corrected chi connectivity index (χ1v) is 3.29.